The average molecular weight is 507 g/mol. The monoisotopic (exact) mass is 507 g/mol. The van der Waals surface area contributed by atoms with Gasteiger partial charge in [0.15, 0.2) is 0 Å². The normalized spacial score (nSPS) is 17.5. The van der Waals surface area contributed by atoms with Crippen molar-refractivity contribution in [1.29, 1.82) is 0 Å². The Morgan fingerprint density at radius 2 is 1.68 bits per heavy atom. The van der Waals surface area contributed by atoms with Gasteiger partial charge < -0.3 is 23.9 Å². The van der Waals surface area contributed by atoms with E-state index in [1.807, 2.05) is 45.9 Å². The second-order valence-corrected chi connectivity index (χ2v) is 10.4. The second-order valence-electron chi connectivity index (χ2n) is 10.4. The smallest absolute Gasteiger partial charge is 0.491 e. The van der Waals surface area contributed by atoms with E-state index in [9.17, 15) is 4.79 Å². The van der Waals surface area contributed by atoms with Gasteiger partial charge in [0.2, 0.25) is 0 Å². The molecule has 1 fully saturated rings. The van der Waals surface area contributed by atoms with Crippen LogP contribution in [0.1, 0.15) is 70.0 Å². The van der Waals surface area contributed by atoms with Gasteiger partial charge in [0.05, 0.1) is 23.4 Å². The zero-order valence-electron chi connectivity index (χ0n) is 22.7. The Kier molecular flexibility index (Phi) is 9.34. The number of aromatic nitrogens is 1. The Morgan fingerprint density at radius 3 is 2.22 bits per heavy atom. The number of pyridine rings is 1. The Hall–Kier alpha value is -2.94. The van der Waals surface area contributed by atoms with E-state index in [4.69, 9.17) is 23.9 Å². The first-order valence-electron chi connectivity index (χ1n) is 12.6. The topological polar surface area (TPSA) is 87.1 Å². The molecule has 8 heteroatoms. The van der Waals surface area contributed by atoms with Gasteiger partial charge in [-0.15, -0.1) is 0 Å². The number of nitrogens with zero attached hydrogens (tertiary/aromatic N) is 1. The number of allylic oxidation sites excluding steroid dienone is 2. The minimum atomic E-state index is -0.579. The number of rotatable bonds is 11. The molecule has 1 saturated heterocycles. The van der Waals surface area contributed by atoms with E-state index in [1.165, 1.54) is 0 Å². The molecule has 2 aromatic rings. The molecular weight excluding hydrogens is 469 g/mol. The molecule has 7 nitrogen and oxygen atoms in total. The first kappa shape index (κ1) is 28.6. The molecule has 1 atom stereocenters. The first-order chi connectivity index (χ1) is 17.4. The first-order valence-corrected chi connectivity index (χ1v) is 12.6. The van der Waals surface area contributed by atoms with Gasteiger partial charge in [0.1, 0.15) is 18.5 Å². The van der Waals surface area contributed by atoms with Crippen molar-refractivity contribution in [2.75, 3.05) is 13.2 Å². The van der Waals surface area contributed by atoms with Gasteiger partial charge in [-0.1, -0.05) is 44.2 Å². The third-order valence-corrected chi connectivity index (χ3v) is 6.90. The van der Waals surface area contributed by atoms with Crippen LogP contribution in [0.4, 0.5) is 0 Å². The molecule has 0 bridgehead atoms. The fourth-order valence-corrected chi connectivity index (χ4v) is 3.80. The summed E-state index contributed by atoms with van der Waals surface area (Å²) in [5, 5.41) is 9.02. The number of hydrogen-bond acceptors (Lipinski definition) is 7. The van der Waals surface area contributed by atoms with Crippen molar-refractivity contribution in [1.82, 2.24) is 4.98 Å². The maximum atomic E-state index is 13.0. The average Bonchev–Trinajstić information content (AvgIpc) is 3.08. The lowest BCUT2D eigenvalue weighted by atomic mass is 9.70. The van der Waals surface area contributed by atoms with Crippen molar-refractivity contribution >= 4 is 13.1 Å². The van der Waals surface area contributed by atoms with Gasteiger partial charge in [-0.05, 0) is 68.9 Å². The van der Waals surface area contributed by atoms with Crippen LogP contribution in [0.3, 0.4) is 0 Å². The minimum Gasteiger partial charge on any atom is -0.491 e. The summed E-state index contributed by atoms with van der Waals surface area (Å²) in [6.07, 6.45) is 4.93. The maximum absolute atomic E-state index is 13.0. The molecule has 198 valence electrons. The number of benzene rings is 1. The van der Waals surface area contributed by atoms with Gasteiger partial charge in [-0.2, -0.15) is 0 Å². The third-order valence-electron chi connectivity index (χ3n) is 6.90. The van der Waals surface area contributed by atoms with Crippen molar-refractivity contribution in [3.63, 3.8) is 0 Å². The highest BCUT2D eigenvalue weighted by Crippen LogP contribution is 2.41. The molecule has 1 N–H and O–H groups in total. The van der Waals surface area contributed by atoms with Gasteiger partial charge in [0.25, 0.3) is 0 Å². The summed E-state index contributed by atoms with van der Waals surface area (Å²) in [6, 6.07) is 10.6. The standard InChI is InChI=1S/C29H38BNO6/c1-20(2)21(3)25(30-36-28(4,5)29(6,7)37-30)12-13-26(35-27(33)23-14-16-31-17-15-23)22-8-10-24(11-9-22)34-19-18-32/h8-12,14-17,20,26,32H,3,13,18-19H2,1-2,4-7H3/b25-12-/t26-/m0/s1. The lowest BCUT2D eigenvalue weighted by Crippen LogP contribution is -2.41. The van der Waals surface area contributed by atoms with Gasteiger partial charge in [-0.25, -0.2) is 4.79 Å². The molecule has 1 aromatic heterocycles. The van der Waals surface area contributed by atoms with E-state index in [0.717, 1.165) is 16.6 Å². The van der Waals surface area contributed by atoms with E-state index in [1.54, 1.807) is 36.7 Å². The van der Waals surface area contributed by atoms with Gasteiger partial charge in [0, 0.05) is 18.8 Å². The number of hydrogen-bond donors (Lipinski definition) is 1. The number of ether oxygens (including phenoxy) is 2. The highest BCUT2D eigenvalue weighted by atomic mass is 16.7. The van der Waals surface area contributed by atoms with Crippen molar-refractivity contribution in [2.45, 2.75) is 65.3 Å². The van der Waals surface area contributed by atoms with Crippen LogP contribution in [0.5, 0.6) is 5.75 Å². The zero-order valence-corrected chi connectivity index (χ0v) is 22.7. The van der Waals surface area contributed by atoms with E-state index in [2.05, 4.69) is 25.4 Å². The van der Waals surface area contributed by atoms with Crippen LogP contribution in [-0.2, 0) is 14.0 Å². The van der Waals surface area contributed by atoms with Crippen molar-refractivity contribution in [2.24, 2.45) is 5.92 Å². The molecule has 0 amide bonds. The number of carbonyl (C=O) groups is 1. The lowest BCUT2D eigenvalue weighted by Gasteiger charge is -2.32. The van der Waals surface area contributed by atoms with E-state index in [-0.39, 0.29) is 19.1 Å². The van der Waals surface area contributed by atoms with E-state index < -0.39 is 30.4 Å². The summed E-state index contributed by atoms with van der Waals surface area (Å²) in [6.45, 7) is 16.7. The predicted molar refractivity (Wildman–Crippen MR) is 144 cm³/mol. The summed E-state index contributed by atoms with van der Waals surface area (Å²) in [5.41, 5.74) is 1.99. The van der Waals surface area contributed by atoms with Crippen molar-refractivity contribution < 1.29 is 28.7 Å². The molecular formula is C29H38BNO6. The number of aliphatic hydroxyl groups excluding tert-OH is 1. The molecule has 37 heavy (non-hydrogen) atoms. The van der Waals surface area contributed by atoms with Crippen LogP contribution < -0.4 is 4.74 Å². The van der Waals surface area contributed by atoms with Crippen molar-refractivity contribution in [3.8, 4) is 5.75 Å². The molecule has 0 aliphatic carbocycles. The summed E-state index contributed by atoms with van der Waals surface area (Å²) in [4.78, 5) is 16.9. The summed E-state index contributed by atoms with van der Waals surface area (Å²) < 4.78 is 24.1. The highest BCUT2D eigenvalue weighted by Gasteiger charge is 2.52. The largest absolute Gasteiger partial charge is 0.494 e. The molecule has 0 saturated carbocycles. The van der Waals surface area contributed by atoms with Crippen LogP contribution >= 0.6 is 0 Å². The SMILES string of the molecule is C=C(/C(=C/C[C@H](OC(=O)c1ccncc1)c1ccc(OCCO)cc1)B1OC(C)(C)C(C)(C)O1)C(C)C. The lowest BCUT2D eigenvalue weighted by molar-refractivity contribution is 0.00578. The van der Waals surface area contributed by atoms with E-state index in [0.29, 0.717) is 17.7 Å². The Labute approximate surface area is 220 Å². The number of esters is 1. The molecule has 1 aromatic carbocycles. The third kappa shape index (κ3) is 7.09. The molecule has 3 rings (SSSR count). The van der Waals surface area contributed by atoms with Crippen LogP contribution in [0, 0.1) is 5.92 Å². The van der Waals surface area contributed by atoms with Crippen LogP contribution in [0.15, 0.2) is 72.5 Å². The Balaban J connectivity index is 1.92. The van der Waals surface area contributed by atoms with Crippen LogP contribution in [-0.4, -0.2) is 47.6 Å². The molecule has 2 heterocycles. The van der Waals surface area contributed by atoms with Crippen LogP contribution in [0.25, 0.3) is 0 Å². The highest BCUT2D eigenvalue weighted by molar-refractivity contribution is 6.56. The Bertz CT molecular complexity index is 1080. The fourth-order valence-electron chi connectivity index (χ4n) is 3.80. The zero-order chi connectivity index (χ0) is 27.2. The number of carbonyl (C=O) groups excluding carboxylic acids is 1. The molecule has 0 radical (unpaired) electrons. The molecule has 1 aliphatic heterocycles. The van der Waals surface area contributed by atoms with Crippen LogP contribution in [0.2, 0.25) is 0 Å². The summed E-state index contributed by atoms with van der Waals surface area (Å²) in [7, 11) is -0.578. The number of aliphatic hydroxyl groups is 1. The predicted octanol–water partition coefficient (Wildman–Crippen LogP) is 5.51. The summed E-state index contributed by atoms with van der Waals surface area (Å²) >= 11 is 0. The summed E-state index contributed by atoms with van der Waals surface area (Å²) in [5.74, 6) is 0.353. The molecule has 0 spiro atoms. The Morgan fingerprint density at radius 1 is 1.08 bits per heavy atom. The second kappa shape index (κ2) is 12.1. The van der Waals surface area contributed by atoms with E-state index >= 15 is 0 Å². The maximum Gasteiger partial charge on any atom is 0.494 e. The van der Waals surface area contributed by atoms with Gasteiger partial charge in [-0.3, -0.25) is 4.98 Å². The molecule has 1 aliphatic rings. The fraction of sp³-hybridized carbons (Fsp3) is 0.448. The minimum absolute atomic E-state index is 0.0693. The molecule has 0 unspecified atom stereocenters. The van der Waals surface area contributed by atoms with Crippen molar-refractivity contribution in [3.05, 3.63) is 83.6 Å². The quantitative estimate of drug-likeness (QED) is 0.244. The van der Waals surface area contributed by atoms with Gasteiger partial charge >= 0.3 is 13.1 Å².